The van der Waals surface area contributed by atoms with Crippen molar-refractivity contribution >= 4 is 28.7 Å². The number of ether oxygens (including phenoxy) is 1. The average Bonchev–Trinajstić information content (AvgIpc) is 3.08. The molecule has 0 fully saturated rings. The normalized spacial score (nSPS) is 10.8. The van der Waals surface area contributed by atoms with Gasteiger partial charge in [-0.05, 0) is 36.6 Å². The van der Waals surface area contributed by atoms with Crippen molar-refractivity contribution in [3.8, 4) is 5.75 Å². The van der Waals surface area contributed by atoms with Crippen LogP contribution in [0.5, 0.6) is 5.75 Å². The smallest absolute Gasteiger partial charge is 0.276 e. The maximum Gasteiger partial charge on any atom is 0.276 e. The standard InChI is InChI=1S/C20H18N2O4/c1-14-9-10-16(26-14)11-12-19(23)21-22-20(24)13-25-18-8-4-6-15-5-2-3-7-17(15)18/h2-12H,13H2,1H3,(H,21,23)(H,22,24). The molecule has 2 N–H and O–H groups in total. The molecule has 0 spiro atoms. The van der Waals surface area contributed by atoms with Crippen molar-refractivity contribution < 1.29 is 18.7 Å². The fourth-order valence-electron chi connectivity index (χ4n) is 2.37. The van der Waals surface area contributed by atoms with Crippen LogP contribution in [0.3, 0.4) is 0 Å². The van der Waals surface area contributed by atoms with Crippen LogP contribution in [-0.4, -0.2) is 18.4 Å². The largest absolute Gasteiger partial charge is 0.483 e. The number of carbonyl (C=O) groups excluding carboxylic acids is 2. The van der Waals surface area contributed by atoms with Gasteiger partial charge >= 0.3 is 0 Å². The Bertz CT molecular complexity index is 954. The second-order valence-corrected chi connectivity index (χ2v) is 5.59. The van der Waals surface area contributed by atoms with E-state index in [1.807, 2.05) is 43.3 Å². The molecule has 0 aliphatic rings. The van der Waals surface area contributed by atoms with E-state index in [0.29, 0.717) is 11.5 Å². The summed E-state index contributed by atoms with van der Waals surface area (Å²) in [6.45, 7) is 1.60. The zero-order valence-corrected chi connectivity index (χ0v) is 14.2. The second kappa shape index (κ2) is 8.02. The van der Waals surface area contributed by atoms with Gasteiger partial charge < -0.3 is 9.15 Å². The van der Waals surface area contributed by atoms with E-state index in [-0.39, 0.29) is 6.61 Å². The van der Waals surface area contributed by atoms with Crippen molar-refractivity contribution in [1.29, 1.82) is 0 Å². The third kappa shape index (κ3) is 4.51. The molecule has 0 aliphatic heterocycles. The first-order chi connectivity index (χ1) is 12.6. The number of rotatable bonds is 5. The minimum atomic E-state index is -0.474. The summed E-state index contributed by atoms with van der Waals surface area (Å²) in [5, 5.41) is 1.94. The van der Waals surface area contributed by atoms with E-state index in [0.717, 1.165) is 16.5 Å². The highest BCUT2D eigenvalue weighted by molar-refractivity contribution is 5.93. The molecule has 6 heteroatoms. The Morgan fingerprint density at radius 2 is 1.85 bits per heavy atom. The van der Waals surface area contributed by atoms with Crippen LogP contribution in [0.1, 0.15) is 11.5 Å². The Balaban J connectivity index is 1.48. The number of hydrazine groups is 1. The molecule has 2 amide bonds. The van der Waals surface area contributed by atoms with Crippen LogP contribution in [0, 0.1) is 6.92 Å². The summed E-state index contributed by atoms with van der Waals surface area (Å²) >= 11 is 0. The van der Waals surface area contributed by atoms with Crippen LogP contribution in [0.25, 0.3) is 16.8 Å². The zero-order chi connectivity index (χ0) is 18.4. The maximum absolute atomic E-state index is 11.8. The first-order valence-electron chi connectivity index (χ1n) is 8.06. The summed E-state index contributed by atoms with van der Waals surface area (Å²) in [4.78, 5) is 23.5. The summed E-state index contributed by atoms with van der Waals surface area (Å²) < 4.78 is 10.9. The molecule has 6 nitrogen and oxygen atoms in total. The number of fused-ring (bicyclic) bond motifs is 1. The van der Waals surface area contributed by atoms with Gasteiger partial charge in [-0.25, -0.2) is 0 Å². The molecule has 0 radical (unpaired) electrons. The van der Waals surface area contributed by atoms with E-state index in [1.165, 1.54) is 12.2 Å². The first-order valence-corrected chi connectivity index (χ1v) is 8.06. The van der Waals surface area contributed by atoms with E-state index >= 15 is 0 Å². The molecule has 0 saturated heterocycles. The van der Waals surface area contributed by atoms with Crippen LogP contribution in [0.4, 0.5) is 0 Å². The highest BCUT2D eigenvalue weighted by atomic mass is 16.5. The highest BCUT2D eigenvalue weighted by Gasteiger charge is 2.06. The van der Waals surface area contributed by atoms with E-state index in [9.17, 15) is 9.59 Å². The average molecular weight is 350 g/mol. The number of furan rings is 1. The number of amides is 2. The summed E-state index contributed by atoms with van der Waals surface area (Å²) in [6, 6.07) is 16.9. The van der Waals surface area contributed by atoms with Gasteiger partial charge in [-0.1, -0.05) is 36.4 Å². The third-order valence-corrected chi connectivity index (χ3v) is 3.59. The lowest BCUT2D eigenvalue weighted by Gasteiger charge is -2.09. The summed E-state index contributed by atoms with van der Waals surface area (Å²) in [5.74, 6) is 0.982. The Kier molecular flexibility index (Phi) is 5.34. The monoisotopic (exact) mass is 350 g/mol. The first kappa shape index (κ1) is 17.3. The summed E-state index contributed by atoms with van der Waals surface area (Å²) in [5.41, 5.74) is 4.58. The highest BCUT2D eigenvalue weighted by Crippen LogP contribution is 2.24. The van der Waals surface area contributed by atoms with Gasteiger partial charge in [0.05, 0.1) is 0 Å². The van der Waals surface area contributed by atoms with Crippen molar-refractivity contribution in [2.75, 3.05) is 6.61 Å². The quantitative estimate of drug-likeness (QED) is 0.548. The number of carbonyl (C=O) groups is 2. The number of nitrogens with one attached hydrogen (secondary N) is 2. The van der Waals surface area contributed by atoms with Gasteiger partial charge in [0, 0.05) is 11.5 Å². The lowest BCUT2D eigenvalue weighted by atomic mass is 10.1. The molecular weight excluding hydrogens is 332 g/mol. The Morgan fingerprint density at radius 1 is 1.04 bits per heavy atom. The van der Waals surface area contributed by atoms with E-state index < -0.39 is 11.8 Å². The lowest BCUT2D eigenvalue weighted by molar-refractivity contribution is -0.128. The number of hydrogen-bond acceptors (Lipinski definition) is 4. The number of benzene rings is 2. The molecule has 0 saturated carbocycles. The zero-order valence-electron chi connectivity index (χ0n) is 14.2. The topological polar surface area (TPSA) is 80.6 Å². The van der Waals surface area contributed by atoms with Crippen LogP contribution < -0.4 is 15.6 Å². The SMILES string of the molecule is Cc1ccc(C=CC(=O)NNC(=O)COc2cccc3ccccc23)o1. The second-order valence-electron chi connectivity index (χ2n) is 5.59. The molecule has 132 valence electrons. The summed E-state index contributed by atoms with van der Waals surface area (Å²) in [6.07, 6.45) is 2.78. The van der Waals surface area contributed by atoms with Crippen molar-refractivity contribution in [1.82, 2.24) is 10.9 Å². The predicted molar refractivity (Wildman–Crippen MR) is 98.2 cm³/mol. The van der Waals surface area contributed by atoms with Gasteiger partial charge in [0.2, 0.25) is 0 Å². The molecule has 1 aromatic heterocycles. The molecule has 0 aliphatic carbocycles. The molecule has 2 aromatic carbocycles. The van der Waals surface area contributed by atoms with Gasteiger partial charge in [-0.3, -0.25) is 20.4 Å². The van der Waals surface area contributed by atoms with E-state index in [1.54, 1.807) is 18.2 Å². The molecule has 26 heavy (non-hydrogen) atoms. The van der Waals surface area contributed by atoms with Crippen molar-refractivity contribution in [3.63, 3.8) is 0 Å². The molecular formula is C20H18N2O4. The fraction of sp³-hybridized carbons (Fsp3) is 0.100. The minimum absolute atomic E-state index is 0.213. The Morgan fingerprint density at radius 3 is 2.65 bits per heavy atom. The van der Waals surface area contributed by atoms with E-state index in [2.05, 4.69) is 10.9 Å². The predicted octanol–water partition coefficient (Wildman–Crippen LogP) is 2.98. The van der Waals surface area contributed by atoms with Crippen LogP contribution in [0.15, 0.2) is 65.1 Å². The van der Waals surface area contributed by atoms with Gasteiger partial charge in [0.15, 0.2) is 6.61 Å². The van der Waals surface area contributed by atoms with Crippen LogP contribution >= 0.6 is 0 Å². The molecule has 1 heterocycles. The molecule has 0 bridgehead atoms. The van der Waals surface area contributed by atoms with Crippen molar-refractivity contribution in [2.24, 2.45) is 0 Å². The third-order valence-electron chi connectivity index (χ3n) is 3.59. The summed E-state index contributed by atoms with van der Waals surface area (Å²) in [7, 11) is 0. The van der Waals surface area contributed by atoms with Gasteiger partial charge in [0.25, 0.3) is 11.8 Å². The van der Waals surface area contributed by atoms with Crippen LogP contribution in [0.2, 0.25) is 0 Å². The fourth-order valence-corrected chi connectivity index (χ4v) is 2.37. The maximum atomic E-state index is 11.8. The van der Waals surface area contributed by atoms with Crippen molar-refractivity contribution in [2.45, 2.75) is 6.92 Å². The van der Waals surface area contributed by atoms with Gasteiger partial charge in [-0.2, -0.15) is 0 Å². The lowest BCUT2D eigenvalue weighted by Crippen LogP contribution is -2.43. The minimum Gasteiger partial charge on any atom is -0.483 e. The molecule has 0 atom stereocenters. The molecule has 3 rings (SSSR count). The number of hydrogen-bond donors (Lipinski definition) is 2. The van der Waals surface area contributed by atoms with Gasteiger partial charge in [-0.15, -0.1) is 0 Å². The molecule has 3 aromatic rings. The molecule has 0 unspecified atom stereocenters. The Labute approximate surface area is 150 Å². The van der Waals surface area contributed by atoms with E-state index in [4.69, 9.17) is 9.15 Å². The Hall–Kier alpha value is -3.54. The van der Waals surface area contributed by atoms with Crippen LogP contribution in [-0.2, 0) is 9.59 Å². The van der Waals surface area contributed by atoms with Crippen molar-refractivity contribution in [3.05, 3.63) is 72.2 Å². The van der Waals surface area contributed by atoms with Gasteiger partial charge in [0.1, 0.15) is 17.3 Å². The number of aryl methyl sites for hydroxylation is 1.